The van der Waals surface area contributed by atoms with E-state index in [2.05, 4.69) is 0 Å². The van der Waals surface area contributed by atoms with Gasteiger partial charge in [0, 0.05) is 0 Å². The molecule has 0 atom stereocenters. The van der Waals surface area contributed by atoms with Gasteiger partial charge in [0.25, 0.3) is 21.8 Å². The van der Waals surface area contributed by atoms with E-state index in [0.717, 1.165) is 11.1 Å². The fourth-order valence-electron chi connectivity index (χ4n) is 2.94. The Labute approximate surface area is 150 Å². The molecule has 1 aliphatic rings. The Balaban J connectivity index is 1.72. The topological polar surface area (TPSA) is 71.5 Å². The standard InChI is InChI=1S/C20H13NO4S/c22-19-17-8-4-5-9-18(17)20(23)21(19)26(24,25)16-12-10-15(11-13-16)14-6-2-1-3-7-14/h1-13H. The van der Waals surface area contributed by atoms with E-state index in [9.17, 15) is 18.0 Å². The minimum atomic E-state index is -4.27. The van der Waals surface area contributed by atoms with Crippen molar-refractivity contribution in [2.75, 3.05) is 0 Å². The predicted molar refractivity (Wildman–Crippen MR) is 96.0 cm³/mol. The van der Waals surface area contributed by atoms with E-state index in [0.29, 0.717) is 4.31 Å². The van der Waals surface area contributed by atoms with E-state index in [1.807, 2.05) is 30.3 Å². The molecule has 4 rings (SSSR count). The molecule has 1 aliphatic heterocycles. The van der Waals surface area contributed by atoms with Crippen LogP contribution in [0.2, 0.25) is 0 Å². The Morgan fingerprint density at radius 3 is 1.58 bits per heavy atom. The first kappa shape index (κ1) is 16.2. The minimum Gasteiger partial charge on any atom is -0.267 e. The maximum atomic E-state index is 12.9. The first-order chi connectivity index (χ1) is 12.5. The molecule has 1 heterocycles. The number of carbonyl (C=O) groups is 2. The summed E-state index contributed by atoms with van der Waals surface area (Å²) in [6.07, 6.45) is 0. The molecule has 0 saturated heterocycles. The SMILES string of the molecule is O=C1c2ccccc2C(=O)N1S(=O)(=O)c1ccc(-c2ccccc2)cc1. The average molecular weight is 363 g/mol. The lowest BCUT2D eigenvalue weighted by atomic mass is 10.1. The van der Waals surface area contributed by atoms with Crippen molar-refractivity contribution in [1.29, 1.82) is 0 Å². The lowest BCUT2D eigenvalue weighted by Crippen LogP contribution is -2.36. The summed E-state index contributed by atoms with van der Waals surface area (Å²) in [5, 5.41) is 0. The number of imide groups is 1. The molecule has 0 N–H and O–H groups in total. The molecule has 0 unspecified atom stereocenters. The average Bonchev–Trinajstić information content (AvgIpc) is 2.94. The van der Waals surface area contributed by atoms with Gasteiger partial charge in [0.15, 0.2) is 0 Å². The summed E-state index contributed by atoms with van der Waals surface area (Å²) in [5.74, 6) is -1.64. The van der Waals surface area contributed by atoms with E-state index in [-0.39, 0.29) is 16.0 Å². The highest BCUT2D eigenvalue weighted by Crippen LogP contribution is 2.29. The summed E-state index contributed by atoms with van der Waals surface area (Å²) in [4.78, 5) is 24.8. The number of hydrogen-bond donors (Lipinski definition) is 0. The smallest absolute Gasteiger partial charge is 0.267 e. The van der Waals surface area contributed by atoms with Gasteiger partial charge < -0.3 is 0 Å². The van der Waals surface area contributed by atoms with Gasteiger partial charge in [0.1, 0.15) is 0 Å². The summed E-state index contributed by atoms with van der Waals surface area (Å²) in [6.45, 7) is 0. The fourth-order valence-corrected chi connectivity index (χ4v) is 4.26. The number of sulfonamides is 1. The molecule has 2 amide bonds. The Morgan fingerprint density at radius 1 is 0.577 bits per heavy atom. The predicted octanol–water partition coefficient (Wildman–Crippen LogP) is 3.34. The highest BCUT2D eigenvalue weighted by atomic mass is 32.2. The molecule has 0 fully saturated rings. The third-order valence-electron chi connectivity index (χ3n) is 4.26. The van der Waals surface area contributed by atoms with Gasteiger partial charge in [-0.25, -0.2) is 8.42 Å². The van der Waals surface area contributed by atoms with Gasteiger partial charge in [-0.05, 0) is 35.4 Å². The highest BCUT2D eigenvalue weighted by Gasteiger charge is 2.43. The third-order valence-corrected chi connectivity index (χ3v) is 5.94. The summed E-state index contributed by atoms with van der Waals surface area (Å²) in [6, 6.07) is 21.7. The zero-order chi connectivity index (χ0) is 18.3. The lowest BCUT2D eigenvalue weighted by molar-refractivity contribution is 0.0765. The van der Waals surface area contributed by atoms with Crippen LogP contribution in [0.3, 0.4) is 0 Å². The molecule has 0 saturated carbocycles. The molecule has 6 heteroatoms. The zero-order valence-electron chi connectivity index (χ0n) is 13.5. The molecule has 3 aromatic rings. The van der Waals surface area contributed by atoms with Gasteiger partial charge >= 0.3 is 0 Å². The number of rotatable bonds is 3. The minimum absolute atomic E-state index is 0.0991. The maximum Gasteiger partial charge on any atom is 0.275 e. The van der Waals surface area contributed by atoms with Crippen LogP contribution in [0, 0.1) is 0 Å². The van der Waals surface area contributed by atoms with Crippen molar-refractivity contribution in [3.8, 4) is 11.1 Å². The largest absolute Gasteiger partial charge is 0.275 e. The number of hydrogen-bond acceptors (Lipinski definition) is 4. The number of carbonyl (C=O) groups excluding carboxylic acids is 2. The van der Waals surface area contributed by atoms with Crippen LogP contribution in [0.5, 0.6) is 0 Å². The normalized spacial score (nSPS) is 13.8. The monoisotopic (exact) mass is 363 g/mol. The van der Waals surface area contributed by atoms with E-state index < -0.39 is 21.8 Å². The van der Waals surface area contributed by atoms with Gasteiger partial charge in [-0.15, -0.1) is 0 Å². The number of fused-ring (bicyclic) bond motifs is 1. The molecular weight excluding hydrogens is 350 g/mol. The molecule has 5 nitrogen and oxygen atoms in total. The molecule has 0 bridgehead atoms. The van der Waals surface area contributed by atoms with Crippen molar-refractivity contribution in [3.63, 3.8) is 0 Å². The van der Waals surface area contributed by atoms with Gasteiger partial charge in [-0.2, -0.15) is 4.31 Å². The second-order valence-corrected chi connectivity index (χ2v) is 7.60. The molecular formula is C20H13NO4S. The molecule has 0 spiro atoms. The highest BCUT2D eigenvalue weighted by molar-refractivity contribution is 7.90. The van der Waals surface area contributed by atoms with Crippen LogP contribution in [0.4, 0.5) is 0 Å². The van der Waals surface area contributed by atoms with Crippen LogP contribution >= 0.6 is 0 Å². The van der Waals surface area contributed by atoms with Crippen LogP contribution in [0.1, 0.15) is 20.7 Å². The van der Waals surface area contributed by atoms with Crippen molar-refractivity contribution < 1.29 is 18.0 Å². The summed E-state index contributed by atoms with van der Waals surface area (Å²) in [5.41, 5.74) is 1.98. The van der Waals surface area contributed by atoms with E-state index in [1.54, 1.807) is 24.3 Å². The van der Waals surface area contributed by atoms with Gasteiger partial charge in [0.2, 0.25) is 0 Å². The maximum absolute atomic E-state index is 12.9. The van der Waals surface area contributed by atoms with Crippen LogP contribution in [0.25, 0.3) is 11.1 Å². The Hall–Kier alpha value is -3.25. The van der Waals surface area contributed by atoms with Crippen molar-refractivity contribution in [3.05, 3.63) is 90.0 Å². The van der Waals surface area contributed by atoms with Crippen LogP contribution in [-0.2, 0) is 10.0 Å². The molecule has 128 valence electrons. The van der Waals surface area contributed by atoms with Crippen molar-refractivity contribution in [2.24, 2.45) is 0 Å². The second-order valence-electron chi connectivity index (χ2n) is 5.82. The molecule has 0 aliphatic carbocycles. The van der Waals surface area contributed by atoms with Gasteiger partial charge in [-0.3, -0.25) is 9.59 Å². The Bertz CT molecular complexity index is 1080. The fraction of sp³-hybridized carbons (Fsp3) is 0. The van der Waals surface area contributed by atoms with Crippen molar-refractivity contribution in [1.82, 2.24) is 4.31 Å². The summed E-state index contributed by atoms with van der Waals surface area (Å²) >= 11 is 0. The van der Waals surface area contributed by atoms with Crippen LogP contribution in [-0.4, -0.2) is 24.5 Å². The van der Waals surface area contributed by atoms with E-state index in [1.165, 1.54) is 24.3 Å². The zero-order valence-corrected chi connectivity index (χ0v) is 14.3. The lowest BCUT2D eigenvalue weighted by Gasteiger charge is -2.14. The molecule has 0 radical (unpaired) electrons. The molecule has 26 heavy (non-hydrogen) atoms. The van der Waals surface area contributed by atoms with Gasteiger partial charge in [0.05, 0.1) is 16.0 Å². The van der Waals surface area contributed by atoms with E-state index >= 15 is 0 Å². The second kappa shape index (κ2) is 5.93. The van der Waals surface area contributed by atoms with Crippen molar-refractivity contribution >= 4 is 21.8 Å². The Morgan fingerprint density at radius 2 is 1.04 bits per heavy atom. The van der Waals surface area contributed by atoms with Gasteiger partial charge in [-0.1, -0.05) is 54.6 Å². The first-order valence-electron chi connectivity index (χ1n) is 7.88. The first-order valence-corrected chi connectivity index (χ1v) is 9.32. The summed E-state index contributed by atoms with van der Waals surface area (Å²) < 4.78 is 26.1. The van der Waals surface area contributed by atoms with E-state index in [4.69, 9.17) is 0 Å². The third kappa shape index (κ3) is 2.43. The number of benzene rings is 3. The van der Waals surface area contributed by atoms with Crippen molar-refractivity contribution in [2.45, 2.75) is 4.90 Å². The number of amides is 2. The molecule has 0 aromatic heterocycles. The quantitative estimate of drug-likeness (QED) is 0.669. The van der Waals surface area contributed by atoms with Crippen LogP contribution in [0.15, 0.2) is 83.8 Å². The molecule has 3 aromatic carbocycles. The Kier molecular flexibility index (Phi) is 3.70. The summed E-state index contributed by atoms with van der Waals surface area (Å²) in [7, 11) is -4.27. The van der Waals surface area contributed by atoms with Crippen LogP contribution < -0.4 is 0 Å². The number of nitrogens with zero attached hydrogens (tertiary/aromatic N) is 1.